The summed E-state index contributed by atoms with van der Waals surface area (Å²) in [4.78, 5) is 12.2. The van der Waals surface area contributed by atoms with Gasteiger partial charge in [-0.3, -0.25) is 4.79 Å². The second-order valence-corrected chi connectivity index (χ2v) is 7.11. The summed E-state index contributed by atoms with van der Waals surface area (Å²) < 4.78 is 91.8. The fourth-order valence-corrected chi connectivity index (χ4v) is 3.04. The molecule has 0 bridgehead atoms. The summed E-state index contributed by atoms with van der Waals surface area (Å²) in [6.07, 6.45) is -10.1. The van der Waals surface area contributed by atoms with E-state index in [0.29, 0.717) is 12.1 Å². The molecule has 0 spiro atoms. The molecule has 4 nitrogen and oxygen atoms in total. The Hall–Kier alpha value is -3.08. The van der Waals surface area contributed by atoms with Gasteiger partial charge in [-0.25, -0.2) is 9.07 Å². The Morgan fingerprint density at radius 1 is 1.00 bits per heavy atom. The van der Waals surface area contributed by atoms with Gasteiger partial charge in [-0.2, -0.15) is 31.4 Å². The van der Waals surface area contributed by atoms with Gasteiger partial charge in [0, 0.05) is 5.02 Å². The van der Waals surface area contributed by atoms with Crippen LogP contribution >= 0.6 is 11.6 Å². The third kappa shape index (κ3) is 5.58. The number of aromatic nitrogens is 2. The van der Waals surface area contributed by atoms with Crippen LogP contribution in [0.4, 0.5) is 30.7 Å². The van der Waals surface area contributed by atoms with Gasteiger partial charge >= 0.3 is 12.4 Å². The quantitative estimate of drug-likeness (QED) is 0.487. The van der Waals surface area contributed by atoms with E-state index in [-0.39, 0.29) is 28.5 Å². The number of carbonyl (C=O) groups is 1. The second kappa shape index (κ2) is 8.81. The van der Waals surface area contributed by atoms with Crippen molar-refractivity contribution in [2.24, 2.45) is 0 Å². The molecular weight excluding hydrogens is 467 g/mol. The van der Waals surface area contributed by atoms with Crippen LogP contribution in [-0.2, 0) is 30.1 Å². The van der Waals surface area contributed by atoms with Gasteiger partial charge in [0.1, 0.15) is 5.82 Å². The van der Waals surface area contributed by atoms with E-state index in [1.807, 2.05) is 0 Å². The van der Waals surface area contributed by atoms with Gasteiger partial charge in [0.15, 0.2) is 5.69 Å². The minimum atomic E-state index is -4.88. The van der Waals surface area contributed by atoms with Crippen molar-refractivity contribution >= 4 is 17.5 Å². The highest BCUT2D eigenvalue weighted by Crippen LogP contribution is 2.32. The molecular formula is C20H13ClF7N3O. The highest BCUT2D eigenvalue weighted by Gasteiger charge is 2.35. The predicted molar refractivity (Wildman–Crippen MR) is 101 cm³/mol. The summed E-state index contributed by atoms with van der Waals surface area (Å²) in [6, 6.07) is 8.67. The van der Waals surface area contributed by atoms with Crippen molar-refractivity contribution in [2.45, 2.75) is 25.3 Å². The van der Waals surface area contributed by atoms with Crippen LogP contribution in [0.15, 0.2) is 48.5 Å². The largest absolute Gasteiger partial charge is 0.435 e. The minimum absolute atomic E-state index is 0.0217. The van der Waals surface area contributed by atoms with Gasteiger partial charge in [-0.15, -0.1) is 0 Å². The lowest BCUT2D eigenvalue weighted by molar-refractivity contribution is -0.141. The first kappa shape index (κ1) is 23.6. The van der Waals surface area contributed by atoms with Crippen LogP contribution in [0.25, 0.3) is 5.69 Å². The molecule has 1 aromatic heterocycles. The number of amides is 1. The van der Waals surface area contributed by atoms with Gasteiger partial charge in [0.25, 0.3) is 0 Å². The third-order valence-electron chi connectivity index (χ3n) is 4.30. The zero-order valence-electron chi connectivity index (χ0n) is 15.9. The van der Waals surface area contributed by atoms with Crippen LogP contribution in [0.1, 0.15) is 22.5 Å². The molecule has 0 saturated carbocycles. The summed E-state index contributed by atoms with van der Waals surface area (Å²) in [7, 11) is 0. The molecule has 0 aliphatic heterocycles. The van der Waals surface area contributed by atoms with Gasteiger partial charge < -0.3 is 5.32 Å². The highest BCUT2D eigenvalue weighted by molar-refractivity contribution is 6.30. The lowest BCUT2D eigenvalue weighted by atomic mass is 10.1. The summed E-state index contributed by atoms with van der Waals surface area (Å²) >= 11 is 5.88. The molecule has 1 N–H and O–H groups in total. The second-order valence-electron chi connectivity index (χ2n) is 6.68. The smallest absolute Gasteiger partial charge is 0.350 e. The molecule has 3 rings (SSSR count). The maximum atomic E-state index is 13.7. The molecule has 12 heteroatoms. The van der Waals surface area contributed by atoms with Crippen molar-refractivity contribution in [2.75, 3.05) is 0 Å². The maximum Gasteiger partial charge on any atom is 0.435 e. The third-order valence-corrected chi connectivity index (χ3v) is 4.53. The summed E-state index contributed by atoms with van der Waals surface area (Å²) in [6.45, 7) is -0.377. The van der Waals surface area contributed by atoms with Crippen molar-refractivity contribution in [3.8, 4) is 5.69 Å². The van der Waals surface area contributed by atoms with Crippen LogP contribution < -0.4 is 5.32 Å². The minimum Gasteiger partial charge on any atom is -0.350 e. The van der Waals surface area contributed by atoms with Crippen molar-refractivity contribution in [1.82, 2.24) is 15.1 Å². The molecule has 0 aliphatic carbocycles. The molecule has 2 aromatic carbocycles. The van der Waals surface area contributed by atoms with Crippen molar-refractivity contribution in [1.29, 1.82) is 0 Å². The van der Waals surface area contributed by atoms with E-state index >= 15 is 0 Å². The highest BCUT2D eigenvalue weighted by atomic mass is 35.5. The molecule has 0 atom stereocenters. The van der Waals surface area contributed by atoms with E-state index in [2.05, 4.69) is 10.4 Å². The van der Waals surface area contributed by atoms with Gasteiger partial charge in [0.05, 0.1) is 29.9 Å². The average Bonchev–Trinajstić information content (AvgIpc) is 3.10. The monoisotopic (exact) mass is 479 g/mol. The number of hydrogen-bond donors (Lipinski definition) is 1. The molecule has 32 heavy (non-hydrogen) atoms. The maximum absolute atomic E-state index is 13.7. The lowest BCUT2D eigenvalue weighted by Crippen LogP contribution is -2.26. The number of rotatable bonds is 5. The standard InChI is InChI=1S/C20H13ClF7N3O/c21-12-2-1-3-13(8-12)31-14(9-17(30-31)20(26,27)28)10-29-18(32)7-11-4-5-15(16(22)6-11)19(23,24)25/h1-6,8-9H,7,10H2,(H,29,32). The first-order chi connectivity index (χ1) is 14.8. The number of nitrogens with one attached hydrogen (secondary N) is 1. The van der Waals surface area contributed by atoms with E-state index in [0.717, 1.165) is 16.8 Å². The van der Waals surface area contributed by atoms with E-state index in [4.69, 9.17) is 11.6 Å². The molecule has 0 fully saturated rings. The average molecular weight is 480 g/mol. The molecule has 170 valence electrons. The number of nitrogens with zero attached hydrogens (tertiary/aromatic N) is 2. The Labute approximate surface area is 181 Å². The fraction of sp³-hybridized carbons (Fsp3) is 0.200. The molecule has 0 unspecified atom stereocenters. The van der Waals surface area contributed by atoms with Crippen LogP contribution in [-0.4, -0.2) is 15.7 Å². The summed E-state index contributed by atoms with van der Waals surface area (Å²) in [5.41, 5.74) is -2.49. The van der Waals surface area contributed by atoms with Crippen LogP contribution in [0, 0.1) is 5.82 Å². The zero-order valence-corrected chi connectivity index (χ0v) is 16.6. The number of hydrogen-bond acceptors (Lipinski definition) is 2. The van der Waals surface area contributed by atoms with Gasteiger partial charge in [-0.05, 0) is 42.0 Å². The summed E-state index contributed by atoms with van der Waals surface area (Å²) in [5, 5.41) is 6.14. The van der Waals surface area contributed by atoms with E-state index in [9.17, 15) is 35.5 Å². The Morgan fingerprint density at radius 3 is 2.31 bits per heavy atom. The molecule has 3 aromatic rings. The number of alkyl halides is 6. The first-order valence-corrected chi connectivity index (χ1v) is 9.27. The van der Waals surface area contributed by atoms with E-state index in [1.54, 1.807) is 0 Å². The van der Waals surface area contributed by atoms with Gasteiger partial charge in [-0.1, -0.05) is 23.7 Å². The Balaban J connectivity index is 1.77. The Kier molecular flexibility index (Phi) is 6.49. The van der Waals surface area contributed by atoms with Crippen molar-refractivity contribution in [3.05, 3.63) is 81.9 Å². The van der Waals surface area contributed by atoms with Crippen LogP contribution in [0.5, 0.6) is 0 Å². The first-order valence-electron chi connectivity index (χ1n) is 8.89. The van der Waals surface area contributed by atoms with Crippen molar-refractivity contribution in [3.63, 3.8) is 0 Å². The predicted octanol–water partition coefficient (Wildman–Crippen LogP) is 5.56. The number of benzene rings is 2. The lowest BCUT2D eigenvalue weighted by Gasteiger charge is -2.11. The summed E-state index contributed by atoms with van der Waals surface area (Å²) in [5.74, 6) is -2.27. The molecule has 0 aliphatic rings. The van der Waals surface area contributed by atoms with E-state index < -0.39 is 41.8 Å². The zero-order chi connectivity index (χ0) is 23.7. The molecule has 0 radical (unpaired) electrons. The Morgan fingerprint density at radius 2 is 1.72 bits per heavy atom. The van der Waals surface area contributed by atoms with Crippen LogP contribution in [0.3, 0.4) is 0 Å². The fourth-order valence-electron chi connectivity index (χ4n) is 2.85. The normalized spacial score (nSPS) is 12.1. The van der Waals surface area contributed by atoms with E-state index in [1.165, 1.54) is 24.3 Å². The number of carbonyl (C=O) groups excluding carboxylic acids is 1. The molecule has 1 amide bonds. The molecule has 1 heterocycles. The SMILES string of the molecule is O=C(Cc1ccc(C(F)(F)F)c(F)c1)NCc1cc(C(F)(F)F)nn1-c1cccc(Cl)c1. The Bertz CT molecular complexity index is 1140. The molecule has 0 saturated heterocycles. The topological polar surface area (TPSA) is 46.9 Å². The van der Waals surface area contributed by atoms with Gasteiger partial charge in [0.2, 0.25) is 5.91 Å². The van der Waals surface area contributed by atoms with Crippen molar-refractivity contribution < 1.29 is 35.5 Å². The number of halogens is 8. The van der Waals surface area contributed by atoms with Crippen LogP contribution in [0.2, 0.25) is 5.02 Å².